The lowest BCUT2D eigenvalue weighted by molar-refractivity contribution is -0.147. The lowest BCUT2D eigenvalue weighted by Crippen LogP contribution is -2.39. The van der Waals surface area contributed by atoms with Crippen LogP contribution in [0.3, 0.4) is 0 Å². The predicted octanol–water partition coefficient (Wildman–Crippen LogP) is 2.27. The lowest BCUT2D eigenvalue weighted by Gasteiger charge is -2.24. The summed E-state index contributed by atoms with van der Waals surface area (Å²) in [6.45, 7) is 0.622. The minimum absolute atomic E-state index is 0.115. The Labute approximate surface area is 113 Å². The monoisotopic (exact) mass is 263 g/mol. The molecule has 0 aliphatic heterocycles. The summed E-state index contributed by atoms with van der Waals surface area (Å²) in [5.41, 5.74) is 1.42. The quantitative estimate of drug-likeness (QED) is 0.748. The third kappa shape index (κ3) is 3.69. The number of amides is 1. The Morgan fingerprint density at radius 1 is 1.26 bits per heavy atom. The van der Waals surface area contributed by atoms with Crippen molar-refractivity contribution in [1.29, 1.82) is 0 Å². The summed E-state index contributed by atoms with van der Waals surface area (Å²) in [4.78, 5) is 23.2. The topological polar surface area (TPSA) is 66.4 Å². The Hall–Kier alpha value is -1.58. The Balaban J connectivity index is 1.81. The molecule has 1 amide bonds. The van der Waals surface area contributed by atoms with Crippen LogP contribution >= 0.6 is 0 Å². The molecule has 0 aromatic rings. The van der Waals surface area contributed by atoms with E-state index in [1.165, 1.54) is 12.0 Å². The van der Waals surface area contributed by atoms with Gasteiger partial charge in [-0.2, -0.15) is 0 Å². The molecule has 2 aliphatic carbocycles. The van der Waals surface area contributed by atoms with Crippen molar-refractivity contribution in [1.82, 2.24) is 5.32 Å². The van der Waals surface area contributed by atoms with Crippen LogP contribution in [-0.4, -0.2) is 23.5 Å². The van der Waals surface area contributed by atoms with Gasteiger partial charge < -0.3 is 10.4 Å². The van der Waals surface area contributed by atoms with Crippen LogP contribution < -0.4 is 5.32 Å². The van der Waals surface area contributed by atoms with Gasteiger partial charge in [-0.15, -0.1) is 0 Å². The predicted molar refractivity (Wildman–Crippen MR) is 72.6 cm³/mol. The number of aliphatic carboxylic acids is 1. The summed E-state index contributed by atoms with van der Waals surface area (Å²) in [6, 6.07) is 0. The highest BCUT2D eigenvalue weighted by Crippen LogP contribution is 2.26. The lowest BCUT2D eigenvalue weighted by atomic mass is 9.82. The molecule has 0 heterocycles. The van der Waals surface area contributed by atoms with Crippen molar-refractivity contribution in [3.8, 4) is 0 Å². The Morgan fingerprint density at radius 2 is 2.00 bits per heavy atom. The molecule has 0 fully saturated rings. The average molecular weight is 263 g/mol. The van der Waals surface area contributed by atoms with E-state index < -0.39 is 17.8 Å². The van der Waals surface area contributed by atoms with Gasteiger partial charge >= 0.3 is 5.97 Å². The summed E-state index contributed by atoms with van der Waals surface area (Å²) < 4.78 is 0. The second-order valence-electron chi connectivity index (χ2n) is 5.29. The minimum Gasteiger partial charge on any atom is -0.481 e. The zero-order chi connectivity index (χ0) is 13.7. The SMILES string of the molecule is O=C(O)[C@H]1CC=CC[C@H]1C(=O)NCCC1=CCCC1. The van der Waals surface area contributed by atoms with Gasteiger partial charge in [-0.3, -0.25) is 9.59 Å². The van der Waals surface area contributed by atoms with E-state index in [9.17, 15) is 9.59 Å². The second-order valence-corrected chi connectivity index (χ2v) is 5.29. The van der Waals surface area contributed by atoms with Crippen LogP contribution in [0.15, 0.2) is 23.8 Å². The number of allylic oxidation sites excluding steroid dienone is 3. The molecule has 4 heteroatoms. The van der Waals surface area contributed by atoms with Crippen molar-refractivity contribution in [2.24, 2.45) is 11.8 Å². The van der Waals surface area contributed by atoms with Gasteiger partial charge in [-0.25, -0.2) is 0 Å². The van der Waals surface area contributed by atoms with Gasteiger partial charge in [0.05, 0.1) is 11.8 Å². The third-order valence-electron chi connectivity index (χ3n) is 3.97. The van der Waals surface area contributed by atoms with Crippen molar-refractivity contribution >= 4 is 11.9 Å². The molecule has 0 saturated carbocycles. The number of carbonyl (C=O) groups excluding carboxylic acids is 1. The van der Waals surface area contributed by atoms with E-state index in [-0.39, 0.29) is 5.91 Å². The molecule has 4 nitrogen and oxygen atoms in total. The molecular formula is C15H21NO3. The molecule has 2 aliphatic rings. The molecule has 19 heavy (non-hydrogen) atoms. The highest BCUT2D eigenvalue weighted by atomic mass is 16.4. The first-order valence-electron chi connectivity index (χ1n) is 7.02. The molecule has 2 rings (SSSR count). The maximum absolute atomic E-state index is 12.1. The van der Waals surface area contributed by atoms with E-state index in [2.05, 4.69) is 11.4 Å². The first-order valence-corrected chi connectivity index (χ1v) is 7.02. The van der Waals surface area contributed by atoms with E-state index in [0.29, 0.717) is 19.4 Å². The average Bonchev–Trinajstić information content (AvgIpc) is 2.91. The van der Waals surface area contributed by atoms with Crippen LogP contribution in [0.25, 0.3) is 0 Å². The van der Waals surface area contributed by atoms with Crippen LogP contribution in [0, 0.1) is 11.8 Å². The maximum Gasteiger partial charge on any atom is 0.307 e. The summed E-state index contributed by atoms with van der Waals surface area (Å²) in [7, 11) is 0. The molecule has 0 aromatic carbocycles. The van der Waals surface area contributed by atoms with Crippen molar-refractivity contribution in [2.45, 2.75) is 38.5 Å². The number of rotatable bonds is 5. The van der Waals surface area contributed by atoms with Crippen molar-refractivity contribution in [3.05, 3.63) is 23.8 Å². The number of nitrogens with one attached hydrogen (secondary N) is 1. The number of carbonyl (C=O) groups is 2. The molecule has 0 radical (unpaired) electrons. The van der Waals surface area contributed by atoms with E-state index in [1.54, 1.807) is 0 Å². The first kappa shape index (κ1) is 13.8. The maximum atomic E-state index is 12.1. The highest BCUT2D eigenvalue weighted by Gasteiger charge is 2.33. The molecule has 0 aromatic heterocycles. The molecule has 0 unspecified atom stereocenters. The Kier molecular flexibility index (Phi) is 4.77. The van der Waals surface area contributed by atoms with Gasteiger partial charge in [0, 0.05) is 6.54 Å². The smallest absolute Gasteiger partial charge is 0.307 e. The number of carboxylic acid groups (broad SMARTS) is 1. The summed E-state index contributed by atoms with van der Waals surface area (Å²) >= 11 is 0. The first-order chi connectivity index (χ1) is 9.18. The van der Waals surface area contributed by atoms with Gasteiger partial charge in [0.1, 0.15) is 0 Å². The van der Waals surface area contributed by atoms with E-state index >= 15 is 0 Å². The van der Waals surface area contributed by atoms with Gasteiger partial charge in [-0.05, 0) is 38.5 Å². The zero-order valence-corrected chi connectivity index (χ0v) is 11.1. The van der Waals surface area contributed by atoms with E-state index in [0.717, 1.165) is 19.3 Å². The van der Waals surface area contributed by atoms with E-state index in [4.69, 9.17) is 5.11 Å². The normalized spacial score (nSPS) is 26.0. The highest BCUT2D eigenvalue weighted by molar-refractivity contribution is 5.85. The fourth-order valence-corrected chi connectivity index (χ4v) is 2.82. The molecule has 2 atom stereocenters. The molecule has 0 spiro atoms. The third-order valence-corrected chi connectivity index (χ3v) is 3.97. The van der Waals surface area contributed by atoms with Crippen molar-refractivity contribution in [2.75, 3.05) is 6.54 Å². The molecule has 104 valence electrons. The number of carboxylic acids is 1. The van der Waals surface area contributed by atoms with Gasteiger partial charge in [0.15, 0.2) is 0 Å². The number of hydrogen-bond donors (Lipinski definition) is 2. The van der Waals surface area contributed by atoms with Crippen molar-refractivity contribution in [3.63, 3.8) is 0 Å². The Bertz CT molecular complexity index is 412. The number of hydrogen-bond acceptors (Lipinski definition) is 2. The summed E-state index contributed by atoms with van der Waals surface area (Å²) in [5, 5.41) is 12.0. The fourth-order valence-electron chi connectivity index (χ4n) is 2.82. The van der Waals surface area contributed by atoms with Crippen LogP contribution in [0.2, 0.25) is 0 Å². The van der Waals surface area contributed by atoms with E-state index in [1.807, 2.05) is 12.2 Å². The largest absolute Gasteiger partial charge is 0.481 e. The minimum atomic E-state index is -0.872. The second kappa shape index (κ2) is 6.55. The Morgan fingerprint density at radius 3 is 2.63 bits per heavy atom. The summed E-state index contributed by atoms with van der Waals surface area (Å²) in [6.07, 6.45) is 11.4. The fraction of sp³-hybridized carbons (Fsp3) is 0.600. The zero-order valence-electron chi connectivity index (χ0n) is 11.1. The van der Waals surface area contributed by atoms with Crippen LogP contribution in [0.4, 0.5) is 0 Å². The molecule has 0 bridgehead atoms. The van der Waals surface area contributed by atoms with Crippen LogP contribution in [0.5, 0.6) is 0 Å². The van der Waals surface area contributed by atoms with Crippen molar-refractivity contribution < 1.29 is 14.7 Å². The standard InChI is InChI=1S/C15H21NO3/c17-14(16-10-9-11-5-1-2-6-11)12-7-3-4-8-13(12)15(18)19/h3-5,12-13H,1-2,6-10H2,(H,16,17)(H,18,19)/t12-,13+/m1/s1. The van der Waals surface area contributed by atoms with Crippen LogP contribution in [0.1, 0.15) is 38.5 Å². The molecule has 0 saturated heterocycles. The van der Waals surface area contributed by atoms with Gasteiger partial charge in [0.25, 0.3) is 0 Å². The molecule has 2 N–H and O–H groups in total. The molecular weight excluding hydrogens is 242 g/mol. The summed E-state index contributed by atoms with van der Waals surface area (Å²) in [5.74, 6) is -1.98. The van der Waals surface area contributed by atoms with Crippen LogP contribution in [-0.2, 0) is 9.59 Å². The van der Waals surface area contributed by atoms with Gasteiger partial charge in [0.2, 0.25) is 5.91 Å². The van der Waals surface area contributed by atoms with Gasteiger partial charge in [-0.1, -0.05) is 23.8 Å².